The number of halogens is 5. The minimum Gasteiger partial charge on any atom is -0.279 e. The normalized spacial score (nSPS) is 12.4. The number of imidazole rings is 1. The topological polar surface area (TPSA) is 30.7 Å². The average molecular weight is 396 g/mol. The molecule has 0 aliphatic rings. The number of fused-ring (bicyclic) bond motifs is 1. The van der Waals surface area contributed by atoms with Gasteiger partial charge in [0, 0.05) is 0 Å². The molecule has 2 aromatic heterocycles. The first-order valence-corrected chi connectivity index (χ1v) is 8.75. The molecule has 0 fully saturated rings. The standard InChI is InChI=1S/C7H3Cl2F2IN3P/c8-2-1-3(9)13-6-4(2)14-7(5(10)11)15(6)16-12/h1,5,16H. The number of hydrogen-bond donors (Lipinski definition) is 0. The summed E-state index contributed by atoms with van der Waals surface area (Å²) in [4.78, 5) is 7.75. The Morgan fingerprint density at radius 1 is 1.38 bits per heavy atom. The van der Waals surface area contributed by atoms with E-state index in [0.29, 0.717) is 5.65 Å². The van der Waals surface area contributed by atoms with Crippen molar-refractivity contribution in [2.45, 2.75) is 6.43 Å². The Hall–Kier alpha value is 0.220. The van der Waals surface area contributed by atoms with Gasteiger partial charge in [0.25, 0.3) is 6.43 Å². The molecular weight excluding hydrogens is 393 g/mol. The summed E-state index contributed by atoms with van der Waals surface area (Å²) in [5.74, 6) is -0.334. The van der Waals surface area contributed by atoms with Crippen molar-refractivity contribution in [1.29, 1.82) is 0 Å². The fourth-order valence-electron chi connectivity index (χ4n) is 1.23. The summed E-state index contributed by atoms with van der Waals surface area (Å²) in [6, 6.07) is 1.38. The third-order valence-electron chi connectivity index (χ3n) is 1.84. The Labute approximate surface area is 114 Å². The van der Waals surface area contributed by atoms with Crippen LogP contribution in [-0.4, -0.2) is 14.3 Å². The maximum atomic E-state index is 12.7. The predicted molar refractivity (Wildman–Crippen MR) is 70.2 cm³/mol. The van der Waals surface area contributed by atoms with Gasteiger partial charge < -0.3 is 0 Å². The molecule has 0 spiro atoms. The lowest BCUT2D eigenvalue weighted by molar-refractivity contribution is 0.140. The fraction of sp³-hybridized carbons (Fsp3) is 0.143. The third kappa shape index (κ3) is 2.12. The second-order valence-electron chi connectivity index (χ2n) is 2.79. The van der Waals surface area contributed by atoms with Gasteiger partial charge in [-0.05, 0) is 28.1 Å². The number of nitrogens with zero attached hydrogens (tertiary/aromatic N) is 3. The van der Waals surface area contributed by atoms with Crippen LogP contribution in [0.1, 0.15) is 12.2 Å². The predicted octanol–water partition coefficient (Wildman–Crippen LogP) is 4.47. The highest BCUT2D eigenvalue weighted by Crippen LogP contribution is 2.37. The SMILES string of the molecule is FC(F)c1nc2c(Cl)cc(Cl)nc2n1PI. The molecule has 0 amide bonds. The van der Waals surface area contributed by atoms with E-state index < -0.39 is 6.43 Å². The maximum absolute atomic E-state index is 12.7. The molecule has 0 aliphatic carbocycles. The van der Waals surface area contributed by atoms with Crippen molar-refractivity contribution in [2.75, 3.05) is 0 Å². The Morgan fingerprint density at radius 2 is 2.06 bits per heavy atom. The lowest BCUT2D eigenvalue weighted by Gasteiger charge is -2.02. The van der Waals surface area contributed by atoms with Crippen LogP contribution >= 0.6 is 51.6 Å². The van der Waals surface area contributed by atoms with E-state index in [9.17, 15) is 8.78 Å². The maximum Gasteiger partial charge on any atom is 0.295 e. The molecule has 0 saturated heterocycles. The lowest BCUT2D eigenvalue weighted by atomic mass is 10.4. The van der Waals surface area contributed by atoms with Crippen molar-refractivity contribution in [3.8, 4) is 0 Å². The molecule has 0 bridgehead atoms. The van der Waals surface area contributed by atoms with E-state index >= 15 is 0 Å². The van der Waals surface area contributed by atoms with E-state index in [1.807, 2.05) is 22.0 Å². The summed E-state index contributed by atoms with van der Waals surface area (Å²) in [6.45, 7) is 0. The number of alkyl halides is 2. The zero-order valence-electron chi connectivity index (χ0n) is 7.39. The summed E-state index contributed by atoms with van der Waals surface area (Å²) in [6.07, 6.45) is -2.60. The minimum atomic E-state index is -2.66. The molecular formula is C7H3Cl2F2IN3P. The largest absolute Gasteiger partial charge is 0.295 e. The van der Waals surface area contributed by atoms with E-state index in [1.165, 1.54) is 10.4 Å². The van der Waals surface area contributed by atoms with Crippen LogP contribution in [0.5, 0.6) is 0 Å². The van der Waals surface area contributed by atoms with Gasteiger partial charge in [-0.1, -0.05) is 23.2 Å². The van der Waals surface area contributed by atoms with Gasteiger partial charge in [0.2, 0.25) is 0 Å². The van der Waals surface area contributed by atoms with Gasteiger partial charge in [0.1, 0.15) is 10.7 Å². The zero-order valence-corrected chi connectivity index (χ0v) is 12.1. The highest BCUT2D eigenvalue weighted by molar-refractivity contribution is 14.2. The van der Waals surface area contributed by atoms with Crippen LogP contribution < -0.4 is 0 Å². The van der Waals surface area contributed by atoms with Crippen LogP contribution in [0.15, 0.2) is 6.07 Å². The number of aromatic nitrogens is 3. The molecule has 0 N–H and O–H groups in total. The summed E-state index contributed by atoms with van der Waals surface area (Å²) >= 11 is 13.6. The summed E-state index contributed by atoms with van der Waals surface area (Å²) in [5, 5.41) is 0.388. The molecule has 2 rings (SSSR count). The second kappa shape index (κ2) is 4.84. The molecule has 86 valence electrons. The van der Waals surface area contributed by atoms with Crippen molar-refractivity contribution in [2.24, 2.45) is 0 Å². The monoisotopic (exact) mass is 395 g/mol. The molecule has 1 atom stereocenters. The van der Waals surface area contributed by atoms with Crippen LogP contribution in [0.2, 0.25) is 10.2 Å². The van der Waals surface area contributed by atoms with Crippen molar-refractivity contribution in [3.05, 3.63) is 22.1 Å². The Bertz CT molecular complexity index is 548. The quantitative estimate of drug-likeness (QED) is 0.427. The summed E-state index contributed by atoms with van der Waals surface area (Å²) in [5.41, 5.74) is 0.547. The Balaban J connectivity index is 2.82. The summed E-state index contributed by atoms with van der Waals surface area (Å²) < 4.78 is 26.7. The summed E-state index contributed by atoms with van der Waals surface area (Å²) in [7, 11) is 0. The molecule has 9 heteroatoms. The van der Waals surface area contributed by atoms with E-state index in [0.717, 1.165) is 0 Å². The molecule has 1 unspecified atom stereocenters. The van der Waals surface area contributed by atoms with E-state index in [4.69, 9.17) is 23.2 Å². The second-order valence-corrected chi connectivity index (χ2v) is 5.65. The highest BCUT2D eigenvalue weighted by atomic mass is 127. The van der Waals surface area contributed by atoms with E-state index in [-0.39, 0.29) is 27.9 Å². The zero-order chi connectivity index (χ0) is 11.9. The van der Waals surface area contributed by atoms with Gasteiger partial charge in [-0.15, -0.1) is 0 Å². The first-order chi connectivity index (χ1) is 7.54. The van der Waals surface area contributed by atoms with Crippen molar-refractivity contribution in [3.63, 3.8) is 0 Å². The molecule has 0 aromatic carbocycles. The van der Waals surface area contributed by atoms with Gasteiger partial charge in [0.15, 0.2) is 11.5 Å². The molecule has 0 saturated carbocycles. The van der Waals surface area contributed by atoms with E-state index in [2.05, 4.69) is 9.97 Å². The van der Waals surface area contributed by atoms with Gasteiger partial charge in [-0.2, -0.15) is 0 Å². The number of pyridine rings is 1. The van der Waals surface area contributed by atoms with Crippen LogP contribution in [0.4, 0.5) is 8.78 Å². The van der Waals surface area contributed by atoms with Crippen LogP contribution in [-0.2, 0) is 0 Å². The van der Waals surface area contributed by atoms with E-state index in [1.54, 1.807) is 0 Å². The molecule has 2 heterocycles. The van der Waals surface area contributed by atoms with Crippen molar-refractivity contribution < 1.29 is 8.78 Å². The molecule has 3 nitrogen and oxygen atoms in total. The fourth-order valence-corrected chi connectivity index (χ4v) is 3.60. The number of rotatable bonds is 2. The van der Waals surface area contributed by atoms with Gasteiger partial charge in [-0.25, -0.2) is 18.7 Å². The highest BCUT2D eigenvalue weighted by Gasteiger charge is 2.21. The first kappa shape index (κ1) is 12.7. The van der Waals surface area contributed by atoms with Crippen LogP contribution in [0.25, 0.3) is 11.2 Å². The molecule has 16 heavy (non-hydrogen) atoms. The lowest BCUT2D eigenvalue weighted by Crippen LogP contribution is -1.94. The van der Waals surface area contributed by atoms with Crippen molar-refractivity contribution in [1.82, 2.24) is 14.3 Å². The Morgan fingerprint density at radius 3 is 2.62 bits per heavy atom. The van der Waals surface area contributed by atoms with Gasteiger partial charge in [0.05, 0.1) is 11.4 Å². The third-order valence-corrected chi connectivity index (χ3v) is 4.38. The van der Waals surface area contributed by atoms with Gasteiger partial charge >= 0.3 is 0 Å². The van der Waals surface area contributed by atoms with Crippen LogP contribution in [0, 0.1) is 0 Å². The average Bonchev–Trinajstić information content (AvgIpc) is 2.56. The Kier molecular flexibility index (Phi) is 3.83. The molecule has 2 aromatic rings. The van der Waals surface area contributed by atoms with Crippen molar-refractivity contribution >= 4 is 62.8 Å². The number of hydrogen-bond acceptors (Lipinski definition) is 2. The van der Waals surface area contributed by atoms with Crippen LogP contribution in [0.3, 0.4) is 0 Å². The minimum absolute atomic E-state index is 0.0570. The molecule has 0 radical (unpaired) electrons. The first-order valence-electron chi connectivity index (χ1n) is 3.93. The molecule has 0 aliphatic heterocycles. The smallest absolute Gasteiger partial charge is 0.279 e. The van der Waals surface area contributed by atoms with Gasteiger partial charge in [-0.3, -0.25) is 4.34 Å².